The zero-order valence-electron chi connectivity index (χ0n) is 13.5. The highest BCUT2D eigenvalue weighted by molar-refractivity contribution is 5.93. The molecule has 0 aromatic carbocycles. The summed E-state index contributed by atoms with van der Waals surface area (Å²) >= 11 is 0. The number of carbonyl (C=O) groups is 2. The third kappa shape index (κ3) is 2.45. The van der Waals surface area contributed by atoms with Crippen LogP contribution in [0.2, 0.25) is 0 Å². The first-order chi connectivity index (χ1) is 11.6. The predicted octanol–water partition coefficient (Wildman–Crippen LogP) is -0.0553. The number of aromatic nitrogens is 5. The number of likely N-dealkylation sites (tertiary alicyclic amines) is 2. The molecule has 2 aromatic heterocycles. The Morgan fingerprint density at radius 1 is 1.12 bits per heavy atom. The van der Waals surface area contributed by atoms with Gasteiger partial charge in [0.15, 0.2) is 5.69 Å². The molecule has 9 nitrogen and oxygen atoms in total. The van der Waals surface area contributed by atoms with E-state index in [-0.39, 0.29) is 17.9 Å². The van der Waals surface area contributed by atoms with Crippen LogP contribution >= 0.6 is 0 Å². The maximum absolute atomic E-state index is 12.3. The summed E-state index contributed by atoms with van der Waals surface area (Å²) in [6, 6.07) is 1.77. The first kappa shape index (κ1) is 14.9. The van der Waals surface area contributed by atoms with Gasteiger partial charge in [-0.2, -0.15) is 5.10 Å². The van der Waals surface area contributed by atoms with E-state index in [9.17, 15) is 9.59 Å². The average Bonchev–Trinajstić information content (AvgIpc) is 3.26. The number of carbonyl (C=O) groups excluding carboxylic acids is 2. The molecule has 0 N–H and O–H groups in total. The molecule has 0 unspecified atom stereocenters. The van der Waals surface area contributed by atoms with Gasteiger partial charge in [0.1, 0.15) is 5.69 Å². The fourth-order valence-corrected chi connectivity index (χ4v) is 3.17. The molecule has 2 fully saturated rings. The summed E-state index contributed by atoms with van der Waals surface area (Å²) in [5.74, 6) is -0.0966. The Hall–Kier alpha value is -2.71. The number of rotatable bonds is 3. The highest BCUT2D eigenvalue weighted by Crippen LogP contribution is 2.23. The molecular formula is C15H19N7O2. The van der Waals surface area contributed by atoms with Crippen molar-refractivity contribution in [2.24, 2.45) is 7.05 Å². The van der Waals surface area contributed by atoms with Crippen LogP contribution in [0, 0.1) is 0 Å². The molecule has 2 saturated heterocycles. The normalized spacial score (nSPS) is 18.0. The highest BCUT2D eigenvalue weighted by Gasteiger charge is 2.35. The van der Waals surface area contributed by atoms with Crippen LogP contribution in [0.1, 0.15) is 39.9 Å². The molecule has 4 heterocycles. The van der Waals surface area contributed by atoms with Gasteiger partial charge >= 0.3 is 0 Å². The smallest absolute Gasteiger partial charge is 0.276 e. The maximum Gasteiger partial charge on any atom is 0.276 e. The summed E-state index contributed by atoms with van der Waals surface area (Å²) < 4.78 is 3.26. The van der Waals surface area contributed by atoms with Crippen molar-refractivity contribution < 1.29 is 9.59 Å². The lowest BCUT2D eigenvalue weighted by Gasteiger charge is -2.38. The standard InChI is InChI=1S/C15H19N7O2/c1-19-13(4-5-16-19)15(24)21-8-11(9-21)22-10-12(17-18-22)14(23)20-6-2-3-7-20/h4-5,10-11H,2-3,6-9H2,1H3. The Balaban J connectivity index is 1.38. The van der Waals surface area contributed by atoms with Gasteiger partial charge in [0, 0.05) is 39.4 Å². The van der Waals surface area contributed by atoms with E-state index < -0.39 is 0 Å². The summed E-state index contributed by atoms with van der Waals surface area (Å²) in [5.41, 5.74) is 0.949. The van der Waals surface area contributed by atoms with Crippen molar-refractivity contribution in [1.29, 1.82) is 0 Å². The predicted molar refractivity (Wildman–Crippen MR) is 83.3 cm³/mol. The zero-order chi connectivity index (χ0) is 16.7. The number of amides is 2. The van der Waals surface area contributed by atoms with E-state index in [0.717, 1.165) is 25.9 Å². The SMILES string of the molecule is Cn1nccc1C(=O)N1CC(n2cc(C(=O)N3CCCC3)nn2)C1. The molecule has 0 radical (unpaired) electrons. The van der Waals surface area contributed by atoms with Gasteiger partial charge in [-0.3, -0.25) is 14.3 Å². The molecule has 9 heteroatoms. The lowest BCUT2D eigenvalue weighted by Crippen LogP contribution is -2.51. The molecule has 0 bridgehead atoms. The monoisotopic (exact) mass is 329 g/mol. The van der Waals surface area contributed by atoms with Crippen LogP contribution in [-0.4, -0.2) is 72.6 Å². The van der Waals surface area contributed by atoms with Gasteiger partial charge in [-0.15, -0.1) is 5.10 Å². The molecule has 0 spiro atoms. The Bertz CT molecular complexity index is 768. The summed E-state index contributed by atoms with van der Waals surface area (Å²) in [4.78, 5) is 28.2. The molecule has 0 aliphatic carbocycles. The van der Waals surface area contributed by atoms with E-state index in [1.165, 1.54) is 0 Å². The summed E-state index contributed by atoms with van der Waals surface area (Å²) in [5, 5.41) is 12.1. The lowest BCUT2D eigenvalue weighted by atomic mass is 10.1. The van der Waals surface area contributed by atoms with Crippen molar-refractivity contribution in [3.63, 3.8) is 0 Å². The van der Waals surface area contributed by atoms with Crippen LogP contribution in [0.25, 0.3) is 0 Å². The van der Waals surface area contributed by atoms with Crippen molar-refractivity contribution in [2.45, 2.75) is 18.9 Å². The van der Waals surface area contributed by atoms with Gasteiger partial charge in [-0.05, 0) is 18.9 Å². The van der Waals surface area contributed by atoms with Gasteiger partial charge < -0.3 is 9.80 Å². The molecule has 0 saturated carbocycles. The maximum atomic E-state index is 12.3. The van der Waals surface area contributed by atoms with Crippen LogP contribution in [0.3, 0.4) is 0 Å². The van der Waals surface area contributed by atoms with E-state index in [1.54, 1.807) is 39.8 Å². The molecule has 2 aliphatic heterocycles. The highest BCUT2D eigenvalue weighted by atomic mass is 16.2. The van der Waals surface area contributed by atoms with Gasteiger partial charge in [0.25, 0.3) is 11.8 Å². The van der Waals surface area contributed by atoms with Crippen LogP contribution < -0.4 is 0 Å². The Labute approximate surface area is 138 Å². The second kappa shape index (κ2) is 5.73. The number of hydrogen-bond acceptors (Lipinski definition) is 5. The lowest BCUT2D eigenvalue weighted by molar-refractivity contribution is 0.0487. The van der Waals surface area contributed by atoms with Crippen LogP contribution in [0.15, 0.2) is 18.5 Å². The molecule has 24 heavy (non-hydrogen) atoms. The quantitative estimate of drug-likeness (QED) is 0.787. The largest absolute Gasteiger partial charge is 0.337 e. The number of hydrogen-bond donors (Lipinski definition) is 0. The fourth-order valence-electron chi connectivity index (χ4n) is 3.17. The van der Waals surface area contributed by atoms with Crippen molar-refractivity contribution >= 4 is 11.8 Å². The zero-order valence-corrected chi connectivity index (χ0v) is 13.5. The summed E-state index contributed by atoms with van der Waals surface area (Å²) in [6.07, 6.45) is 5.40. The van der Waals surface area contributed by atoms with Crippen molar-refractivity contribution in [2.75, 3.05) is 26.2 Å². The van der Waals surface area contributed by atoms with E-state index in [2.05, 4.69) is 15.4 Å². The van der Waals surface area contributed by atoms with E-state index in [4.69, 9.17) is 0 Å². The Kier molecular flexibility index (Phi) is 3.55. The minimum atomic E-state index is -0.0547. The first-order valence-corrected chi connectivity index (χ1v) is 8.12. The Morgan fingerprint density at radius 2 is 1.88 bits per heavy atom. The van der Waals surface area contributed by atoms with Gasteiger partial charge in [-0.25, -0.2) is 4.68 Å². The number of aryl methyl sites for hydroxylation is 1. The summed E-state index contributed by atoms with van der Waals surface area (Å²) in [7, 11) is 1.75. The Morgan fingerprint density at radius 3 is 2.54 bits per heavy atom. The molecule has 2 aromatic rings. The van der Waals surface area contributed by atoms with Crippen LogP contribution in [0.4, 0.5) is 0 Å². The topological polar surface area (TPSA) is 89.2 Å². The minimum absolute atomic E-state index is 0.0419. The van der Waals surface area contributed by atoms with Gasteiger partial charge in [0.2, 0.25) is 0 Å². The average molecular weight is 329 g/mol. The molecule has 126 valence electrons. The van der Waals surface area contributed by atoms with Crippen molar-refractivity contribution in [3.05, 3.63) is 29.8 Å². The minimum Gasteiger partial charge on any atom is -0.337 e. The summed E-state index contributed by atoms with van der Waals surface area (Å²) in [6.45, 7) is 2.71. The van der Waals surface area contributed by atoms with E-state index in [1.807, 2.05) is 4.90 Å². The van der Waals surface area contributed by atoms with E-state index in [0.29, 0.717) is 24.5 Å². The van der Waals surface area contributed by atoms with Gasteiger partial charge in [-0.1, -0.05) is 5.21 Å². The number of nitrogens with zero attached hydrogens (tertiary/aromatic N) is 7. The van der Waals surface area contributed by atoms with Crippen molar-refractivity contribution in [1.82, 2.24) is 34.6 Å². The molecule has 2 amide bonds. The third-order valence-corrected chi connectivity index (χ3v) is 4.69. The van der Waals surface area contributed by atoms with Crippen LogP contribution in [0.5, 0.6) is 0 Å². The van der Waals surface area contributed by atoms with Crippen molar-refractivity contribution in [3.8, 4) is 0 Å². The molecular weight excluding hydrogens is 310 g/mol. The van der Waals surface area contributed by atoms with Crippen LogP contribution in [-0.2, 0) is 7.05 Å². The second-order valence-corrected chi connectivity index (χ2v) is 6.29. The molecule has 4 rings (SSSR count). The molecule has 0 atom stereocenters. The fraction of sp³-hybridized carbons (Fsp3) is 0.533. The first-order valence-electron chi connectivity index (χ1n) is 8.12. The second-order valence-electron chi connectivity index (χ2n) is 6.29. The van der Waals surface area contributed by atoms with Gasteiger partial charge in [0.05, 0.1) is 12.2 Å². The third-order valence-electron chi connectivity index (χ3n) is 4.69. The van der Waals surface area contributed by atoms with E-state index >= 15 is 0 Å². The molecule has 2 aliphatic rings.